The van der Waals surface area contributed by atoms with E-state index in [9.17, 15) is 0 Å². The minimum atomic E-state index is 0.645. The summed E-state index contributed by atoms with van der Waals surface area (Å²) < 4.78 is 5.51. The number of rotatable bonds is 8. The summed E-state index contributed by atoms with van der Waals surface area (Å²) in [5.74, 6) is 3.35. The van der Waals surface area contributed by atoms with Crippen LogP contribution in [0.25, 0.3) is 0 Å². The van der Waals surface area contributed by atoms with Gasteiger partial charge in [0.25, 0.3) is 0 Å². The Kier molecular flexibility index (Phi) is 7.91. The molecule has 0 radical (unpaired) electrons. The van der Waals surface area contributed by atoms with Gasteiger partial charge in [0.1, 0.15) is 5.75 Å². The fourth-order valence-corrected chi connectivity index (χ4v) is 2.38. The van der Waals surface area contributed by atoms with Gasteiger partial charge in [0.15, 0.2) is 0 Å². The van der Waals surface area contributed by atoms with Crippen molar-refractivity contribution in [1.82, 2.24) is 0 Å². The summed E-state index contributed by atoms with van der Waals surface area (Å²) in [6.45, 7) is 0.683. The fourth-order valence-electron chi connectivity index (χ4n) is 1.12. The zero-order valence-electron chi connectivity index (χ0n) is 9.12. The van der Waals surface area contributed by atoms with Crippen LogP contribution in [0, 0.1) is 0 Å². The van der Waals surface area contributed by atoms with Gasteiger partial charge in [-0.1, -0.05) is 0 Å². The van der Waals surface area contributed by atoms with Crippen LogP contribution in [0.4, 0.5) is 0 Å². The van der Waals surface area contributed by atoms with Gasteiger partial charge in [-0.2, -0.15) is 0 Å². The van der Waals surface area contributed by atoms with E-state index < -0.39 is 0 Å². The van der Waals surface area contributed by atoms with Crippen molar-refractivity contribution in [3.8, 4) is 5.75 Å². The van der Waals surface area contributed by atoms with Gasteiger partial charge in [0, 0.05) is 16.7 Å². The number of benzene rings is 1. The number of alkyl halides is 2. The Balaban J connectivity index is 2.30. The molecule has 0 heterocycles. The summed E-state index contributed by atoms with van der Waals surface area (Å²) in [5, 5.41) is 0. The molecule has 0 spiro atoms. The van der Waals surface area contributed by atoms with E-state index in [0.29, 0.717) is 12.5 Å². The lowest BCUT2D eigenvalue weighted by Gasteiger charge is -2.05. The molecule has 0 N–H and O–H groups in total. The number of hydrogen-bond donors (Lipinski definition) is 0. The smallest absolute Gasteiger partial charge is 0.119 e. The number of ether oxygens (including phenoxy) is 1. The summed E-state index contributed by atoms with van der Waals surface area (Å²) in [5.41, 5.74) is 0. The Morgan fingerprint density at radius 3 is 2.31 bits per heavy atom. The third kappa shape index (κ3) is 5.88. The van der Waals surface area contributed by atoms with E-state index in [4.69, 9.17) is 27.9 Å². The second kappa shape index (κ2) is 9.03. The largest absolute Gasteiger partial charge is 0.494 e. The topological polar surface area (TPSA) is 9.23 Å². The first-order valence-electron chi connectivity index (χ1n) is 5.34. The monoisotopic (exact) mass is 278 g/mol. The maximum absolute atomic E-state index is 5.62. The first kappa shape index (κ1) is 14.0. The summed E-state index contributed by atoms with van der Waals surface area (Å²) in [6.07, 6.45) is 1.92. The summed E-state index contributed by atoms with van der Waals surface area (Å²) in [4.78, 5) is 1.26. The summed E-state index contributed by atoms with van der Waals surface area (Å²) in [6, 6.07) is 8.15. The van der Waals surface area contributed by atoms with E-state index in [0.717, 1.165) is 30.2 Å². The molecule has 16 heavy (non-hydrogen) atoms. The van der Waals surface area contributed by atoms with E-state index >= 15 is 0 Å². The second-order valence-electron chi connectivity index (χ2n) is 3.25. The van der Waals surface area contributed by atoms with E-state index in [1.54, 1.807) is 0 Å². The van der Waals surface area contributed by atoms with Crippen molar-refractivity contribution in [2.75, 3.05) is 24.1 Å². The molecule has 4 heteroatoms. The highest BCUT2D eigenvalue weighted by molar-refractivity contribution is 7.99. The third-order valence-electron chi connectivity index (χ3n) is 1.92. The number of thioether (sulfide) groups is 1. The van der Waals surface area contributed by atoms with Crippen molar-refractivity contribution < 1.29 is 4.74 Å². The molecule has 0 aliphatic carbocycles. The zero-order valence-corrected chi connectivity index (χ0v) is 11.5. The lowest BCUT2D eigenvalue weighted by atomic mass is 10.3. The second-order valence-corrected chi connectivity index (χ2v) is 5.18. The average Bonchev–Trinajstić information content (AvgIpc) is 2.32. The molecule has 0 saturated carbocycles. The Hall–Kier alpha value is -0.0500. The fraction of sp³-hybridized carbons (Fsp3) is 0.500. The molecule has 0 saturated heterocycles. The van der Waals surface area contributed by atoms with Crippen molar-refractivity contribution in [2.24, 2.45) is 0 Å². The molecular weight excluding hydrogens is 263 g/mol. The Morgan fingerprint density at radius 1 is 1.00 bits per heavy atom. The normalized spacial score (nSPS) is 10.4. The van der Waals surface area contributed by atoms with Crippen LogP contribution in [-0.2, 0) is 0 Å². The van der Waals surface area contributed by atoms with E-state index in [1.165, 1.54) is 4.90 Å². The summed E-state index contributed by atoms with van der Waals surface area (Å²) >= 11 is 13.0. The highest BCUT2D eigenvalue weighted by Crippen LogP contribution is 2.22. The molecule has 90 valence electrons. The molecule has 1 aromatic rings. The molecule has 0 bridgehead atoms. The van der Waals surface area contributed by atoms with Gasteiger partial charge >= 0.3 is 0 Å². The van der Waals surface area contributed by atoms with Gasteiger partial charge in [-0.25, -0.2) is 0 Å². The summed E-state index contributed by atoms with van der Waals surface area (Å²) in [7, 11) is 0. The predicted octanol–water partition coefficient (Wildman–Crippen LogP) is 4.42. The molecule has 1 aromatic carbocycles. The average molecular weight is 279 g/mol. The van der Waals surface area contributed by atoms with Crippen molar-refractivity contribution in [2.45, 2.75) is 17.7 Å². The molecule has 1 nitrogen and oxygen atoms in total. The standard InChI is InChI=1S/C12H16Cl2OS/c13-7-1-9-15-11-3-5-12(6-4-11)16-10-2-8-14/h3-6H,1-2,7-10H2. The molecule has 1 rings (SSSR count). The number of halogens is 2. The van der Waals surface area contributed by atoms with Gasteiger partial charge in [-0.3, -0.25) is 0 Å². The lowest BCUT2D eigenvalue weighted by Crippen LogP contribution is -1.97. The van der Waals surface area contributed by atoms with Crippen molar-refractivity contribution in [1.29, 1.82) is 0 Å². The molecule has 0 fully saturated rings. The molecule has 0 amide bonds. The van der Waals surface area contributed by atoms with Crippen LogP contribution in [0.2, 0.25) is 0 Å². The highest BCUT2D eigenvalue weighted by atomic mass is 35.5. The van der Waals surface area contributed by atoms with Gasteiger partial charge in [-0.05, 0) is 42.9 Å². The first-order chi connectivity index (χ1) is 7.86. The van der Waals surface area contributed by atoms with Crippen molar-refractivity contribution in [3.63, 3.8) is 0 Å². The minimum absolute atomic E-state index is 0.645. The maximum Gasteiger partial charge on any atom is 0.119 e. The van der Waals surface area contributed by atoms with E-state index in [-0.39, 0.29) is 0 Å². The van der Waals surface area contributed by atoms with Gasteiger partial charge < -0.3 is 4.74 Å². The first-order valence-corrected chi connectivity index (χ1v) is 7.40. The Bertz CT molecular complexity index is 248. The molecule has 0 aromatic heterocycles. The Labute approximate surface area is 111 Å². The highest BCUT2D eigenvalue weighted by Gasteiger charge is 1.96. The van der Waals surface area contributed by atoms with Crippen LogP contribution in [-0.4, -0.2) is 24.1 Å². The van der Waals surface area contributed by atoms with Gasteiger partial charge in [0.05, 0.1) is 6.61 Å². The lowest BCUT2D eigenvalue weighted by molar-refractivity contribution is 0.318. The van der Waals surface area contributed by atoms with Crippen LogP contribution in [0.1, 0.15) is 12.8 Å². The van der Waals surface area contributed by atoms with Crippen molar-refractivity contribution >= 4 is 35.0 Å². The van der Waals surface area contributed by atoms with Crippen molar-refractivity contribution in [3.05, 3.63) is 24.3 Å². The van der Waals surface area contributed by atoms with Crippen LogP contribution in [0.3, 0.4) is 0 Å². The molecule has 0 aliphatic heterocycles. The minimum Gasteiger partial charge on any atom is -0.494 e. The Morgan fingerprint density at radius 2 is 1.69 bits per heavy atom. The van der Waals surface area contributed by atoms with Crippen LogP contribution in [0.5, 0.6) is 5.75 Å². The quantitative estimate of drug-likeness (QED) is 0.396. The maximum atomic E-state index is 5.62. The molecule has 0 aliphatic rings. The molecule has 0 unspecified atom stereocenters. The zero-order chi connectivity index (χ0) is 11.6. The van der Waals surface area contributed by atoms with Crippen LogP contribution < -0.4 is 4.74 Å². The van der Waals surface area contributed by atoms with Crippen LogP contribution in [0.15, 0.2) is 29.2 Å². The SMILES string of the molecule is ClCCCOc1ccc(SCCCCl)cc1. The molecular formula is C12H16Cl2OS. The van der Waals surface area contributed by atoms with Gasteiger partial charge in [-0.15, -0.1) is 35.0 Å². The number of hydrogen-bond acceptors (Lipinski definition) is 2. The third-order valence-corrected chi connectivity index (χ3v) is 3.55. The van der Waals surface area contributed by atoms with E-state index in [1.807, 2.05) is 23.9 Å². The van der Waals surface area contributed by atoms with E-state index in [2.05, 4.69) is 12.1 Å². The van der Waals surface area contributed by atoms with Crippen LogP contribution >= 0.6 is 35.0 Å². The molecule has 0 atom stereocenters. The predicted molar refractivity (Wildman–Crippen MR) is 73.3 cm³/mol. The van der Waals surface area contributed by atoms with Gasteiger partial charge in [0.2, 0.25) is 0 Å².